The number of nitrogens with zero attached hydrogens (tertiary/aromatic N) is 1. The Balaban J connectivity index is 1.72. The molecule has 1 heterocycles. The zero-order chi connectivity index (χ0) is 19.6. The van der Waals surface area contributed by atoms with Crippen LogP contribution in [0.4, 0.5) is 5.69 Å². The molecule has 0 radical (unpaired) electrons. The van der Waals surface area contributed by atoms with Crippen molar-refractivity contribution in [2.45, 2.75) is 33.1 Å². The number of aryl methyl sites for hydroxylation is 1. The van der Waals surface area contributed by atoms with Crippen LogP contribution in [0.5, 0.6) is 0 Å². The number of hydrogen-bond donors (Lipinski definition) is 2. The van der Waals surface area contributed by atoms with Gasteiger partial charge in [-0.15, -0.1) is 0 Å². The van der Waals surface area contributed by atoms with Gasteiger partial charge in [-0.2, -0.15) is 0 Å². The van der Waals surface area contributed by atoms with Gasteiger partial charge >= 0.3 is 0 Å². The first-order chi connectivity index (χ1) is 12.7. The van der Waals surface area contributed by atoms with E-state index in [-0.39, 0.29) is 16.4 Å². The second kappa shape index (κ2) is 7.45. The van der Waals surface area contributed by atoms with Crippen LogP contribution >= 0.6 is 12.2 Å². The Kier molecular flexibility index (Phi) is 5.24. The summed E-state index contributed by atoms with van der Waals surface area (Å²) >= 11 is 5.32. The highest BCUT2D eigenvalue weighted by molar-refractivity contribution is 7.80. The predicted molar refractivity (Wildman–Crippen MR) is 115 cm³/mol. The summed E-state index contributed by atoms with van der Waals surface area (Å²) in [6.45, 7) is 8.38. The van der Waals surface area contributed by atoms with E-state index in [4.69, 9.17) is 12.2 Å². The molecule has 0 saturated carbocycles. The average Bonchev–Trinajstić information content (AvgIpc) is 2.61. The van der Waals surface area contributed by atoms with Crippen LogP contribution in [0.15, 0.2) is 54.6 Å². The van der Waals surface area contributed by atoms with Gasteiger partial charge in [0, 0.05) is 22.3 Å². The van der Waals surface area contributed by atoms with E-state index in [1.807, 2.05) is 61.5 Å². The van der Waals surface area contributed by atoms with Crippen LogP contribution in [0, 0.1) is 6.92 Å². The first-order valence-electron chi connectivity index (χ1n) is 8.83. The highest BCUT2D eigenvalue weighted by Gasteiger charge is 2.15. The van der Waals surface area contributed by atoms with Gasteiger partial charge in [0.15, 0.2) is 5.11 Å². The predicted octanol–water partition coefficient (Wildman–Crippen LogP) is 4.97. The van der Waals surface area contributed by atoms with Crippen LogP contribution in [0.2, 0.25) is 0 Å². The topological polar surface area (TPSA) is 54.0 Å². The summed E-state index contributed by atoms with van der Waals surface area (Å²) < 4.78 is 0. The van der Waals surface area contributed by atoms with E-state index in [9.17, 15) is 4.79 Å². The van der Waals surface area contributed by atoms with Crippen molar-refractivity contribution < 1.29 is 4.79 Å². The SMILES string of the molecule is Cc1ccc2c(NC(=S)NC(=O)c3ccc(C(C)(C)C)cc3)cccc2n1. The van der Waals surface area contributed by atoms with Crippen LogP contribution in [-0.2, 0) is 5.41 Å². The van der Waals surface area contributed by atoms with Crippen molar-refractivity contribution in [2.24, 2.45) is 0 Å². The minimum Gasteiger partial charge on any atom is -0.332 e. The molecule has 0 atom stereocenters. The number of thiocarbonyl (C=S) groups is 1. The molecule has 2 aromatic carbocycles. The third kappa shape index (κ3) is 4.49. The maximum Gasteiger partial charge on any atom is 0.257 e. The average molecular weight is 378 g/mol. The summed E-state index contributed by atoms with van der Waals surface area (Å²) in [4.78, 5) is 17.0. The van der Waals surface area contributed by atoms with E-state index in [0.717, 1.165) is 22.3 Å². The van der Waals surface area contributed by atoms with Gasteiger partial charge in [-0.1, -0.05) is 39.0 Å². The number of aromatic nitrogens is 1. The van der Waals surface area contributed by atoms with Crippen LogP contribution < -0.4 is 10.6 Å². The van der Waals surface area contributed by atoms with Gasteiger partial charge in [-0.25, -0.2) is 0 Å². The molecule has 0 saturated heterocycles. The van der Waals surface area contributed by atoms with Gasteiger partial charge < -0.3 is 5.32 Å². The van der Waals surface area contributed by atoms with E-state index >= 15 is 0 Å². The summed E-state index contributed by atoms with van der Waals surface area (Å²) in [5.41, 5.74) is 4.45. The van der Waals surface area contributed by atoms with Crippen LogP contribution in [-0.4, -0.2) is 16.0 Å². The highest BCUT2D eigenvalue weighted by Crippen LogP contribution is 2.23. The number of carbonyl (C=O) groups excluding carboxylic acids is 1. The minimum atomic E-state index is -0.234. The largest absolute Gasteiger partial charge is 0.332 e. The van der Waals surface area contributed by atoms with E-state index in [1.54, 1.807) is 0 Å². The molecule has 1 aromatic heterocycles. The van der Waals surface area contributed by atoms with Crippen molar-refractivity contribution in [2.75, 3.05) is 5.32 Å². The second-order valence-corrected chi connectivity index (χ2v) is 7.97. The van der Waals surface area contributed by atoms with Gasteiger partial charge in [-0.3, -0.25) is 15.1 Å². The lowest BCUT2D eigenvalue weighted by Crippen LogP contribution is -2.34. The zero-order valence-corrected chi connectivity index (χ0v) is 16.8. The first kappa shape index (κ1) is 19.0. The molecule has 0 aliphatic heterocycles. The smallest absolute Gasteiger partial charge is 0.257 e. The molecule has 0 unspecified atom stereocenters. The summed E-state index contributed by atoms with van der Waals surface area (Å²) in [5, 5.41) is 7.05. The number of fused-ring (bicyclic) bond motifs is 1. The molecule has 138 valence electrons. The highest BCUT2D eigenvalue weighted by atomic mass is 32.1. The number of pyridine rings is 1. The fourth-order valence-electron chi connectivity index (χ4n) is 2.82. The van der Waals surface area contributed by atoms with Gasteiger partial charge in [-0.05, 0) is 66.5 Å². The van der Waals surface area contributed by atoms with Crippen molar-refractivity contribution in [1.82, 2.24) is 10.3 Å². The summed E-state index contributed by atoms with van der Waals surface area (Å²) in [7, 11) is 0. The lowest BCUT2D eigenvalue weighted by atomic mass is 9.87. The fourth-order valence-corrected chi connectivity index (χ4v) is 3.02. The molecule has 27 heavy (non-hydrogen) atoms. The van der Waals surface area contributed by atoms with Crippen LogP contribution in [0.25, 0.3) is 10.9 Å². The molecule has 4 nitrogen and oxygen atoms in total. The van der Waals surface area contributed by atoms with Crippen molar-refractivity contribution in [3.05, 3.63) is 71.4 Å². The Hall–Kier alpha value is -2.79. The van der Waals surface area contributed by atoms with E-state index in [0.29, 0.717) is 5.56 Å². The Morgan fingerprint density at radius 2 is 1.70 bits per heavy atom. The summed E-state index contributed by atoms with van der Waals surface area (Å²) in [6.07, 6.45) is 0. The quantitative estimate of drug-likeness (QED) is 0.619. The monoisotopic (exact) mass is 377 g/mol. The second-order valence-electron chi connectivity index (χ2n) is 7.56. The van der Waals surface area contributed by atoms with Crippen molar-refractivity contribution >= 4 is 39.8 Å². The third-order valence-electron chi connectivity index (χ3n) is 4.36. The molecule has 0 spiro atoms. The molecule has 1 amide bonds. The zero-order valence-electron chi connectivity index (χ0n) is 16.0. The standard InChI is InChI=1S/C22H23N3OS/c1-14-8-13-17-18(23-14)6-5-7-19(17)24-21(27)25-20(26)15-9-11-16(12-10-15)22(2,3)4/h5-13H,1-4H3,(H2,24,25,26,27). The number of nitrogens with one attached hydrogen (secondary N) is 2. The number of anilines is 1. The Morgan fingerprint density at radius 1 is 1.00 bits per heavy atom. The molecule has 3 rings (SSSR count). The van der Waals surface area contributed by atoms with Gasteiger partial charge in [0.05, 0.1) is 5.52 Å². The van der Waals surface area contributed by atoms with E-state index in [2.05, 4.69) is 36.4 Å². The molecule has 0 fully saturated rings. The lowest BCUT2D eigenvalue weighted by molar-refractivity contribution is 0.0977. The Labute approximate surface area is 165 Å². The molecular weight excluding hydrogens is 354 g/mol. The van der Waals surface area contributed by atoms with E-state index in [1.165, 1.54) is 5.56 Å². The van der Waals surface area contributed by atoms with Crippen molar-refractivity contribution in [1.29, 1.82) is 0 Å². The Morgan fingerprint density at radius 3 is 2.37 bits per heavy atom. The Bertz CT molecular complexity index is 1000. The summed E-state index contributed by atoms with van der Waals surface area (Å²) in [6, 6.07) is 17.3. The molecule has 2 N–H and O–H groups in total. The maximum atomic E-state index is 12.5. The summed E-state index contributed by atoms with van der Waals surface area (Å²) in [5.74, 6) is -0.234. The molecule has 0 bridgehead atoms. The molecule has 0 aliphatic rings. The van der Waals surface area contributed by atoms with Crippen molar-refractivity contribution in [3.63, 3.8) is 0 Å². The van der Waals surface area contributed by atoms with Gasteiger partial charge in [0.25, 0.3) is 5.91 Å². The maximum absolute atomic E-state index is 12.5. The van der Waals surface area contributed by atoms with Crippen LogP contribution in [0.3, 0.4) is 0 Å². The van der Waals surface area contributed by atoms with Crippen molar-refractivity contribution in [3.8, 4) is 0 Å². The first-order valence-corrected chi connectivity index (χ1v) is 9.24. The minimum absolute atomic E-state index is 0.0482. The molecule has 0 aliphatic carbocycles. The number of benzene rings is 2. The molecular formula is C22H23N3OS. The van der Waals surface area contributed by atoms with Crippen LogP contribution in [0.1, 0.15) is 42.4 Å². The van der Waals surface area contributed by atoms with Gasteiger partial charge in [0.2, 0.25) is 0 Å². The fraction of sp³-hybridized carbons (Fsp3) is 0.227. The molecule has 3 aromatic rings. The number of rotatable bonds is 2. The third-order valence-corrected chi connectivity index (χ3v) is 4.56. The van der Waals surface area contributed by atoms with E-state index < -0.39 is 0 Å². The lowest BCUT2D eigenvalue weighted by Gasteiger charge is -2.19. The molecule has 5 heteroatoms. The normalized spacial score (nSPS) is 11.3. The number of amides is 1. The number of hydrogen-bond acceptors (Lipinski definition) is 3. The number of carbonyl (C=O) groups is 1. The van der Waals surface area contributed by atoms with Gasteiger partial charge in [0.1, 0.15) is 0 Å².